The summed E-state index contributed by atoms with van der Waals surface area (Å²) in [6.45, 7) is 7.03. The van der Waals surface area contributed by atoms with Gasteiger partial charge in [0.25, 0.3) is 0 Å². The number of carbonyl (C=O) groups excluding carboxylic acids is 1. The molecule has 0 aromatic rings. The highest BCUT2D eigenvalue weighted by molar-refractivity contribution is 5.85. The third-order valence-electron chi connectivity index (χ3n) is 4.92. The molecule has 2 atom stereocenters. The Bertz CT molecular complexity index is 323. The highest BCUT2D eigenvalue weighted by atomic mass is 35.5. The number of piperazine rings is 1. The molecule has 2 unspecified atom stereocenters. The van der Waals surface area contributed by atoms with E-state index >= 15 is 0 Å². The van der Waals surface area contributed by atoms with Crippen molar-refractivity contribution in [2.45, 2.75) is 44.2 Å². The number of amides is 1. The molecule has 3 heterocycles. The van der Waals surface area contributed by atoms with Crippen LogP contribution in [0, 0.1) is 0 Å². The molecule has 21 heavy (non-hydrogen) atoms. The molecule has 6 heteroatoms. The highest BCUT2D eigenvalue weighted by Gasteiger charge is 2.28. The largest absolute Gasteiger partial charge is 0.378 e. The molecule has 3 saturated heterocycles. The molecule has 0 aromatic heterocycles. The molecule has 3 aliphatic heterocycles. The van der Waals surface area contributed by atoms with Crippen LogP contribution < -0.4 is 5.32 Å². The van der Waals surface area contributed by atoms with E-state index in [1.165, 1.54) is 6.42 Å². The van der Waals surface area contributed by atoms with Gasteiger partial charge < -0.3 is 15.0 Å². The number of rotatable bonds is 4. The molecule has 0 aromatic carbocycles. The van der Waals surface area contributed by atoms with Crippen LogP contribution in [0.4, 0.5) is 0 Å². The number of nitrogens with zero attached hydrogens (tertiary/aromatic N) is 2. The number of nitrogens with one attached hydrogen (secondary N) is 1. The minimum Gasteiger partial charge on any atom is -0.378 e. The van der Waals surface area contributed by atoms with E-state index in [1.54, 1.807) is 0 Å². The standard InChI is InChI=1S/C15H27N3O2.ClH/c19-15(4-3-14-2-1-11-20-14)18-9-7-17(8-10-18)13-5-6-16-12-13;/h13-14,16H,1-12H2;1H. The summed E-state index contributed by atoms with van der Waals surface area (Å²) >= 11 is 0. The van der Waals surface area contributed by atoms with E-state index < -0.39 is 0 Å². The van der Waals surface area contributed by atoms with Gasteiger partial charge in [-0.3, -0.25) is 9.69 Å². The average molecular weight is 318 g/mol. The van der Waals surface area contributed by atoms with Crippen molar-refractivity contribution >= 4 is 18.3 Å². The molecule has 5 nitrogen and oxygen atoms in total. The zero-order valence-electron chi connectivity index (χ0n) is 12.8. The first-order valence-electron chi connectivity index (χ1n) is 8.17. The molecule has 0 spiro atoms. The molecule has 1 amide bonds. The topological polar surface area (TPSA) is 44.8 Å². The summed E-state index contributed by atoms with van der Waals surface area (Å²) in [5, 5.41) is 3.42. The second-order valence-corrected chi connectivity index (χ2v) is 6.24. The molecule has 0 bridgehead atoms. The van der Waals surface area contributed by atoms with E-state index in [9.17, 15) is 4.79 Å². The molecular weight excluding hydrogens is 290 g/mol. The summed E-state index contributed by atoms with van der Waals surface area (Å²) in [7, 11) is 0. The van der Waals surface area contributed by atoms with Crippen molar-refractivity contribution in [1.82, 2.24) is 15.1 Å². The van der Waals surface area contributed by atoms with Gasteiger partial charge in [-0.1, -0.05) is 0 Å². The van der Waals surface area contributed by atoms with Crippen LogP contribution in [-0.4, -0.2) is 73.7 Å². The van der Waals surface area contributed by atoms with Crippen LogP contribution in [0.2, 0.25) is 0 Å². The van der Waals surface area contributed by atoms with Crippen molar-refractivity contribution in [3.8, 4) is 0 Å². The number of hydrogen-bond acceptors (Lipinski definition) is 4. The van der Waals surface area contributed by atoms with Gasteiger partial charge in [0.1, 0.15) is 0 Å². The van der Waals surface area contributed by atoms with E-state index in [0.29, 0.717) is 24.5 Å². The first kappa shape index (κ1) is 17.0. The monoisotopic (exact) mass is 317 g/mol. The summed E-state index contributed by atoms with van der Waals surface area (Å²) in [5.41, 5.74) is 0. The van der Waals surface area contributed by atoms with Crippen LogP contribution in [0.1, 0.15) is 32.1 Å². The molecule has 0 aliphatic carbocycles. The van der Waals surface area contributed by atoms with Gasteiger partial charge in [-0.25, -0.2) is 0 Å². The van der Waals surface area contributed by atoms with Gasteiger partial charge >= 0.3 is 0 Å². The Hall–Kier alpha value is -0.360. The Morgan fingerprint density at radius 3 is 2.62 bits per heavy atom. The molecule has 3 fully saturated rings. The fraction of sp³-hybridized carbons (Fsp3) is 0.933. The average Bonchev–Trinajstić information content (AvgIpc) is 3.18. The smallest absolute Gasteiger partial charge is 0.222 e. The number of ether oxygens (including phenoxy) is 1. The van der Waals surface area contributed by atoms with Gasteiger partial charge in [0.15, 0.2) is 0 Å². The maximum atomic E-state index is 12.2. The van der Waals surface area contributed by atoms with Crippen molar-refractivity contribution in [2.24, 2.45) is 0 Å². The van der Waals surface area contributed by atoms with E-state index in [-0.39, 0.29) is 12.4 Å². The van der Waals surface area contributed by atoms with E-state index in [0.717, 1.165) is 65.1 Å². The number of hydrogen-bond donors (Lipinski definition) is 1. The highest BCUT2D eigenvalue weighted by Crippen LogP contribution is 2.18. The molecule has 122 valence electrons. The molecule has 1 N–H and O–H groups in total. The summed E-state index contributed by atoms with van der Waals surface area (Å²) in [6, 6.07) is 0.694. The Balaban J connectivity index is 0.00000161. The lowest BCUT2D eigenvalue weighted by Crippen LogP contribution is -2.52. The fourth-order valence-electron chi connectivity index (χ4n) is 3.60. The van der Waals surface area contributed by atoms with Crippen LogP contribution >= 0.6 is 12.4 Å². The van der Waals surface area contributed by atoms with Gasteiger partial charge in [0.05, 0.1) is 6.10 Å². The first-order chi connectivity index (χ1) is 9.83. The Morgan fingerprint density at radius 2 is 2.00 bits per heavy atom. The van der Waals surface area contributed by atoms with E-state index in [2.05, 4.69) is 10.2 Å². The van der Waals surface area contributed by atoms with Crippen LogP contribution in [-0.2, 0) is 9.53 Å². The lowest BCUT2D eigenvalue weighted by Gasteiger charge is -2.38. The molecule has 3 aliphatic rings. The van der Waals surface area contributed by atoms with E-state index in [1.807, 2.05) is 4.90 Å². The van der Waals surface area contributed by atoms with Crippen molar-refractivity contribution < 1.29 is 9.53 Å². The van der Waals surface area contributed by atoms with Crippen LogP contribution in [0.15, 0.2) is 0 Å². The van der Waals surface area contributed by atoms with Crippen LogP contribution in [0.25, 0.3) is 0 Å². The minimum atomic E-state index is 0. The first-order valence-corrected chi connectivity index (χ1v) is 8.17. The van der Waals surface area contributed by atoms with Crippen molar-refractivity contribution in [1.29, 1.82) is 0 Å². The van der Waals surface area contributed by atoms with Gasteiger partial charge in [-0.05, 0) is 32.2 Å². The van der Waals surface area contributed by atoms with Gasteiger partial charge in [-0.15, -0.1) is 12.4 Å². The van der Waals surface area contributed by atoms with Crippen LogP contribution in [0.5, 0.6) is 0 Å². The molecule has 0 saturated carbocycles. The maximum Gasteiger partial charge on any atom is 0.222 e. The summed E-state index contributed by atoms with van der Waals surface area (Å²) < 4.78 is 5.59. The Kier molecular flexibility index (Phi) is 6.74. The third-order valence-corrected chi connectivity index (χ3v) is 4.92. The predicted octanol–water partition coefficient (Wildman–Crippen LogP) is 0.874. The van der Waals surface area contributed by atoms with Crippen molar-refractivity contribution in [3.63, 3.8) is 0 Å². The second-order valence-electron chi connectivity index (χ2n) is 6.24. The van der Waals surface area contributed by atoms with Gasteiger partial charge in [0, 0.05) is 51.8 Å². The summed E-state index contributed by atoms with van der Waals surface area (Å²) in [4.78, 5) is 16.8. The van der Waals surface area contributed by atoms with Crippen LogP contribution in [0.3, 0.4) is 0 Å². The Morgan fingerprint density at radius 1 is 1.19 bits per heavy atom. The summed E-state index contributed by atoms with van der Waals surface area (Å²) in [6.07, 6.45) is 5.46. The quantitative estimate of drug-likeness (QED) is 0.836. The maximum absolute atomic E-state index is 12.2. The second kappa shape index (κ2) is 8.32. The lowest BCUT2D eigenvalue weighted by molar-refractivity contribution is -0.133. The number of carbonyl (C=O) groups is 1. The minimum absolute atomic E-state index is 0. The van der Waals surface area contributed by atoms with Gasteiger partial charge in [-0.2, -0.15) is 0 Å². The van der Waals surface area contributed by atoms with Gasteiger partial charge in [0.2, 0.25) is 5.91 Å². The SMILES string of the molecule is Cl.O=C(CCC1CCCO1)N1CCN(C2CCNC2)CC1. The zero-order valence-corrected chi connectivity index (χ0v) is 13.6. The Labute approximate surface area is 133 Å². The lowest BCUT2D eigenvalue weighted by atomic mass is 10.1. The zero-order chi connectivity index (χ0) is 13.8. The molecular formula is C15H28ClN3O2. The van der Waals surface area contributed by atoms with Crippen molar-refractivity contribution in [3.05, 3.63) is 0 Å². The molecule has 3 rings (SSSR count). The van der Waals surface area contributed by atoms with Crippen molar-refractivity contribution in [2.75, 3.05) is 45.9 Å². The number of halogens is 1. The third kappa shape index (κ3) is 4.55. The molecule has 0 radical (unpaired) electrons. The fourth-order valence-corrected chi connectivity index (χ4v) is 3.60. The summed E-state index contributed by atoms with van der Waals surface area (Å²) in [5.74, 6) is 0.324. The normalized spacial score (nSPS) is 30.4. The van der Waals surface area contributed by atoms with E-state index in [4.69, 9.17) is 4.74 Å². The predicted molar refractivity (Wildman–Crippen MR) is 84.9 cm³/mol.